The molecule has 6 N–H and O–H groups in total. The smallest absolute Gasteiger partial charge is 0.340 e. The number of aromatic hydroxyl groups is 2. The Hall–Kier alpha value is -3.35. The predicted molar refractivity (Wildman–Crippen MR) is 132 cm³/mol. The van der Waals surface area contributed by atoms with Gasteiger partial charge in [0.15, 0.2) is 5.60 Å². The van der Waals surface area contributed by atoms with Crippen molar-refractivity contribution in [3.8, 4) is 11.5 Å². The van der Waals surface area contributed by atoms with E-state index >= 15 is 0 Å². The Labute approximate surface area is 200 Å². The molecule has 178 valence electrons. The highest BCUT2D eigenvalue weighted by Crippen LogP contribution is 2.51. The van der Waals surface area contributed by atoms with Crippen LogP contribution in [0.5, 0.6) is 11.5 Å². The molecule has 6 heteroatoms. The molecule has 0 fully saturated rings. The highest BCUT2D eigenvalue weighted by molar-refractivity contribution is 5.96. The van der Waals surface area contributed by atoms with Gasteiger partial charge in [0.1, 0.15) is 11.5 Å². The van der Waals surface area contributed by atoms with Gasteiger partial charge in [-0.15, -0.1) is 0 Å². The fourth-order valence-electron chi connectivity index (χ4n) is 4.98. The summed E-state index contributed by atoms with van der Waals surface area (Å²) in [5.74, 6) is -0.0935. The topological polar surface area (TPSA) is 119 Å². The van der Waals surface area contributed by atoms with Crippen molar-refractivity contribution in [2.24, 2.45) is 11.5 Å². The van der Waals surface area contributed by atoms with Crippen molar-refractivity contribution in [1.82, 2.24) is 0 Å². The summed E-state index contributed by atoms with van der Waals surface area (Å²) in [6.07, 6.45) is 0. The number of rotatable bonds is 6. The van der Waals surface area contributed by atoms with E-state index in [0.29, 0.717) is 33.4 Å². The van der Waals surface area contributed by atoms with Crippen LogP contribution < -0.4 is 11.5 Å². The molecule has 0 unspecified atom stereocenters. The lowest BCUT2D eigenvalue weighted by molar-refractivity contribution is 0.0246. The quantitative estimate of drug-likeness (QED) is 0.395. The maximum absolute atomic E-state index is 13.2. The third-order valence-electron chi connectivity index (χ3n) is 6.72. The fraction of sp³-hybridized carbons (Fsp3) is 0.321. The van der Waals surface area contributed by atoms with E-state index in [1.165, 1.54) is 0 Å². The molecule has 34 heavy (non-hydrogen) atoms. The van der Waals surface area contributed by atoms with Crippen LogP contribution in [0.3, 0.4) is 0 Å². The van der Waals surface area contributed by atoms with Gasteiger partial charge in [0, 0.05) is 29.8 Å². The Morgan fingerprint density at radius 1 is 0.794 bits per heavy atom. The zero-order chi connectivity index (χ0) is 24.8. The summed E-state index contributed by atoms with van der Waals surface area (Å²) in [5.41, 5.74) is 16.3. The second-order valence-corrected chi connectivity index (χ2v) is 9.47. The maximum atomic E-state index is 13.2. The standard InChI is InChI=1S/C28H32N2O4/c1-15(2)20-11-23(17(13-29)9-25(20)31)28(22-8-6-5-7-19(22)27(33)34-28)24-12-21(16(3)4)26(32)10-18(24)14-30/h5-12,15-16,31-32H,13-14,29-30H2,1-4H3. The molecule has 0 bridgehead atoms. The molecule has 0 amide bonds. The second kappa shape index (κ2) is 8.78. The van der Waals surface area contributed by atoms with Gasteiger partial charge in [0.25, 0.3) is 0 Å². The molecule has 4 rings (SSSR count). The number of nitrogens with two attached hydrogens (primary N) is 2. The van der Waals surface area contributed by atoms with Crippen molar-refractivity contribution in [3.63, 3.8) is 0 Å². The zero-order valence-corrected chi connectivity index (χ0v) is 20.1. The molecule has 1 aliphatic rings. The van der Waals surface area contributed by atoms with Gasteiger partial charge < -0.3 is 26.4 Å². The summed E-state index contributed by atoms with van der Waals surface area (Å²) >= 11 is 0. The van der Waals surface area contributed by atoms with Crippen molar-refractivity contribution < 1.29 is 19.7 Å². The summed E-state index contributed by atoms with van der Waals surface area (Å²) < 4.78 is 6.31. The largest absolute Gasteiger partial charge is 0.508 e. The molecular weight excluding hydrogens is 428 g/mol. The summed E-state index contributed by atoms with van der Waals surface area (Å²) in [6, 6.07) is 14.4. The molecule has 0 saturated carbocycles. The number of carbonyl (C=O) groups excluding carboxylic acids is 1. The van der Waals surface area contributed by atoms with Crippen LogP contribution in [0.1, 0.15) is 88.8 Å². The van der Waals surface area contributed by atoms with E-state index in [0.717, 1.165) is 11.1 Å². The van der Waals surface area contributed by atoms with Crippen LogP contribution >= 0.6 is 0 Å². The summed E-state index contributed by atoms with van der Waals surface area (Å²) in [7, 11) is 0. The van der Waals surface area contributed by atoms with Crippen LogP contribution in [0.15, 0.2) is 48.5 Å². The number of benzene rings is 3. The van der Waals surface area contributed by atoms with Crippen LogP contribution in [-0.2, 0) is 23.4 Å². The van der Waals surface area contributed by atoms with E-state index in [1.807, 2.05) is 52.0 Å². The summed E-state index contributed by atoms with van der Waals surface area (Å²) in [5, 5.41) is 21.4. The van der Waals surface area contributed by atoms with E-state index in [4.69, 9.17) is 16.2 Å². The van der Waals surface area contributed by atoms with E-state index in [9.17, 15) is 15.0 Å². The van der Waals surface area contributed by atoms with Gasteiger partial charge in [-0.1, -0.05) is 45.9 Å². The van der Waals surface area contributed by atoms with Gasteiger partial charge in [0.2, 0.25) is 0 Å². The Morgan fingerprint density at radius 2 is 1.26 bits per heavy atom. The van der Waals surface area contributed by atoms with Crippen molar-refractivity contribution in [2.75, 3.05) is 0 Å². The monoisotopic (exact) mass is 460 g/mol. The number of phenols is 2. The first-order chi connectivity index (χ1) is 16.1. The third kappa shape index (κ3) is 3.54. The average Bonchev–Trinajstić information content (AvgIpc) is 3.11. The van der Waals surface area contributed by atoms with Crippen LogP contribution in [0, 0.1) is 0 Å². The van der Waals surface area contributed by atoms with Gasteiger partial charge in [-0.05, 0) is 64.4 Å². The van der Waals surface area contributed by atoms with Crippen molar-refractivity contribution in [3.05, 3.63) is 93.0 Å². The van der Waals surface area contributed by atoms with Crippen molar-refractivity contribution in [1.29, 1.82) is 0 Å². The van der Waals surface area contributed by atoms with E-state index in [2.05, 4.69) is 0 Å². The number of phenolic OH excluding ortho intramolecular Hbond substituents is 2. The average molecular weight is 461 g/mol. The number of hydrogen-bond donors (Lipinski definition) is 4. The van der Waals surface area contributed by atoms with Crippen molar-refractivity contribution in [2.45, 2.75) is 58.2 Å². The Balaban J connectivity index is 2.20. The normalized spacial score (nSPS) is 14.5. The Morgan fingerprint density at radius 3 is 1.71 bits per heavy atom. The second-order valence-electron chi connectivity index (χ2n) is 9.47. The van der Waals surface area contributed by atoms with Gasteiger partial charge in [-0.3, -0.25) is 0 Å². The van der Waals surface area contributed by atoms with Gasteiger partial charge in [0.05, 0.1) is 5.56 Å². The summed E-state index contributed by atoms with van der Waals surface area (Å²) in [4.78, 5) is 13.2. The fourth-order valence-corrected chi connectivity index (χ4v) is 4.98. The number of cyclic esters (lactones) is 1. The number of fused-ring (bicyclic) bond motifs is 1. The third-order valence-corrected chi connectivity index (χ3v) is 6.72. The first kappa shape index (κ1) is 23.8. The van der Waals surface area contributed by atoms with Crippen LogP contribution in [0.2, 0.25) is 0 Å². The van der Waals surface area contributed by atoms with Gasteiger partial charge in [-0.2, -0.15) is 0 Å². The molecule has 3 aromatic rings. The minimum Gasteiger partial charge on any atom is -0.508 e. The molecule has 1 heterocycles. The van der Waals surface area contributed by atoms with Gasteiger partial charge >= 0.3 is 5.97 Å². The number of hydrogen-bond acceptors (Lipinski definition) is 6. The molecule has 0 aromatic heterocycles. The van der Waals surface area contributed by atoms with E-state index in [1.54, 1.807) is 24.3 Å². The molecule has 0 saturated heterocycles. The highest BCUT2D eigenvalue weighted by Gasteiger charge is 2.51. The number of carbonyl (C=O) groups is 1. The Bertz CT molecular complexity index is 1200. The lowest BCUT2D eigenvalue weighted by Crippen LogP contribution is -2.33. The lowest BCUT2D eigenvalue weighted by atomic mass is 9.74. The first-order valence-electron chi connectivity index (χ1n) is 11.6. The SMILES string of the molecule is CC(C)c1cc(C2(c3cc(C(C)C)c(O)cc3CN)OC(=O)c3ccccc32)c(CN)cc1O. The highest BCUT2D eigenvalue weighted by atomic mass is 16.6. The molecular formula is C28H32N2O4. The molecule has 0 spiro atoms. The molecule has 0 aliphatic carbocycles. The molecule has 1 aliphatic heterocycles. The minimum absolute atomic E-state index is 0.0231. The molecule has 6 nitrogen and oxygen atoms in total. The first-order valence-corrected chi connectivity index (χ1v) is 11.6. The number of esters is 1. The van der Waals surface area contributed by atoms with E-state index in [-0.39, 0.29) is 36.4 Å². The summed E-state index contributed by atoms with van der Waals surface area (Å²) in [6.45, 7) is 8.23. The minimum atomic E-state index is -1.33. The maximum Gasteiger partial charge on any atom is 0.340 e. The predicted octanol–water partition coefficient (Wildman–Crippen LogP) is 4.72. The molecule has 0 atom stereocenters. The lowest BCUT2D eigenvalue weighted by Gasteiger charge is -2.35. The van der Waals surface area contributed by atoms with Crippen LogP contribution in [0.25, 0.3) is 0 Å². The van der Waals surface area contributed by atoms with Crippen molar-refractivity contribution >= 4 is 5.97 Å². The molecule has 0 radical (unpaired) electrons. The van der Waals surface area contributed by atoms with E-state index < -0.39 is 11.6 Å². The van der Waals surface area contributed by atoms with Gasteiger partial charge in [-0.25, -0.2) is 4.79 Å². The van der Waals surface area contributed by atoms with Crippen LogP contribution in [-0.4, -0.2) is 16.2 Å². The Kier molecular flexibility index (Phi) is 6.14. The number of ether oxygens (including phenoxy) is 1. The van der Waals surface area contributed by atoms with Crippen LogP contribution in [0.4, 0.5) is 0 Å². The zero-order valence-electron chi connectivity index (χ0n) is 20.1. The molecule has 3 aromatic carbocycles.